The van der Waals surface area contributed by atoms with Gasteiger partial charge < -0.3 is 20.8 Å². The van der Waals surface area contributed by atoms with Crippen molar-refractivity contribution in [3.63, 3.8) is 0 Å². The molecule has 0 radical (unpaired) electrons. The molecule has 1 unspecified atom stereocenters. The van der Waals surface area contributed by atoms with Crippen LogP contribution in [-0.2, 0) is 9.59 Å². The summed E-state index contributed by atoms with van der Waals surface area (Å²) >= 11 is 3.30. The maximum atomic E-state index is 11.7. The Balaban J connectivity index is 2.61. The normalized spacial score (nSPS) is 13.0. The number of carboxylic acids is 2. The van der Waals surface area contributed by atoms with Gasteiger partial charge in [-0.1, -0.05) is 28.1 Å². The average Bonchev–Trinajstić information content (AvgIpc) is 2.37. The molecule has 0 spiro atoms. The zero-order chi connectivity index (χ0) is 16.0. The van der Waals surface area contributed by atoms with Gasteiger partial charge in [0.25, 0.3) is 0 Å². The molecular weight excluding hydrogens is 344 g/mol. The number of aliphatic carboxylic acids is 2. The lowest BCUT2D eigenvalue weighted by Gasteiger charge is -2.17. The molecule has 0 saturated heterocycles. The van der Waals surface area contributed by atoms with Crippen LogP contribution in [0.25, 0.3) is 0 Å². The van der Waals surface area contributed by atoms with E-state index >= 15 is 0 Å². The third-order valence-corrected chi connectivity index (χ3v) is 3.23. The summed E-state index contributed by atoms with van der Waals surface area (Å²) in [4.78, 5) is 33.1. The Bertz CT molecular complexity index is 532. The summed E-state index contributed by atoms with van der Waals surface area (Å²) in [6.45, 7) is 1.73. The van der Waals surface area contributed by atoms with Crippen LogP contribution < -0.4 is 10.6 Å². The molecule has 0 bridgehead atoms. The van der Waals surface area contributed by atoms with Gasteiger partial charge in [0.05, 0.1) is 12.5 Å². The molecule has 0 aliphatic rings. The summed E-state index contributed by atoms with van der Waals surface area (Å²) in [5, 5.41) is 22.1. The number of carboxylic acid groups (broad SMARTS) is 2. The van der Waals surface area contributed by atoms with Crippen molar-refractivity contribution in [3.8, 4) is 0 Å². The molecule has 4 N–H and O–H groups in total. The van der Waals surface area contributed by atoms with Crippen LogP contribution in [0.2, 0.25) is 0 Å². The van der Waals surface area contributed by atoms with Crippen LogP contribution in [0, 0.1) is 0 Å². The second-order valence-electron chi connectivity index (χ2n) is 4.38. The molecule has 0 fully saturated rings. The molecule has 0 aromatic heterocycles. The first-order valence-corrected chi connectivity index (χ1v) is 6.86. The first-order chi connectivity index (χ1) is 9.79. The smallest absolute Gasteiger partial charge is 0.326 e. The van der Waals surface area contributed by atoms with Crippen LogP contribution in [0.3, 0.4) is 0 Å². The third-order valence-electron chi connectivity index (χ3n) is 2.70. The van der Waals surface area contributed by atoms with Gasteiger partial charge in [-0.15, -0.1) is 0 Å². The first kappa shape index (κ1) is 17.0. The molecular formula is C13H15BrN2O5. The van der Waals surface area contributed by atoms with Crippen LogP contribution in [0.1, 0.15) is 24.9 Å². The molecule has 21 heavy (non-hydrogen) atoms. The fourth-order valence-corrected chi connectivity index (χ4v) is 1.87. The number of nitrogens with one attached hydrogen (secondary N) is 2. The van der Waals surface area contributed by atoms with E-state index in [9.17, 15) is 14.4 Å². The van der Waals surface area contributed by atoms with Crippen molar-refractivity contribution in [1.29, 1.82) is 0 Å². The minimum absolute atomic E-state index is 0.350. The van der Waals surface area contributed by atoms with Gasteiger partial charge in [-0.05, 0) is 24.6 Å². The molecule has 114 valence electrons. The lowest BCUT2D eigenvalue weighted by molar-refractivity contribution is -0.145. The van der Waals surface area contributed by atoms with E-state index in [-0.39, 0.29) is 6.04 Å². The van der Waals surface area contributed by atoms with Crippen LogP contribution in [0.4, 0.5) is 4.79 Å². The summed E-state index contributed by atoms with van der Waals surface area (Å²) < 4.78 is 0.898. The molecule has 2 amide bonds. The molecule has 0 heterocycles. The maximum absolute atomic E-state index is 11.7. The van der Waals surface area contributed by atoms with Gasteiger partial charge in [0, 0.05) is 4.47 Å². The molecule has 0 saturated carbocycles. The summed E-state index contributed by atoms with van der Waals surface area (Å²) in [5.41, 5.74) is 0.832. The van der Waals surface area contributed by atoms with E-state index in [0.717, 1.165) is 10.0 Å². The highest BCUT2D eigenvalue weighted by Gasteiger charge is 2.23. The fourth-order valence-electron chi connectivity index (χ4n) is 1.61. The molecule has 1 aromatic carbocycles. The largest absolute Gasteiger partial charge is 0.481 e. The van der Waals surface area contributed by atoms with Crippen molar-refractivity contribution < 1.29 is 24.6 Å². The maximum Gasteiger partial charge on any atom is 0.326 e. The van der Waals surface area contributed by atoms with Crippen LogP contribution in [0.5, 0.6) is 0 Å². The van der Waals surface area contributed by atoms with Gasteiger partial charge in [-0.3, -0.25) is 4.79 Å². The Labute approximate surface area is 129 Å². The zero-order valence-electron chi connectivity index (χ0n) is 11.2. The number of hydrogen-bond donors (Lipinski definition) is 4. The minimum Gasteiger partial charge on any atom is -0.481 e. The van der Waals surface area contributed by atoms with Gasteiger partial charge in [0.2, 0.25) is 0 Å². The van der Waals surface area contributed by atoms with Gasteiger partial charge in [0.15, 0.2) is 0 Å². The Hall–Kier alpha value is -2.09. The third kappa shape index (κ3) is 5.82. The average molecular weight is 359 g/mol. The van der Waals surface area contributed by atoms with Crippen LogP contribution in [0.15, 0.2) is 28.7 Å². The molecule has 0 aliphatic heterocycles. The monoisotopic (exact) mass is 358 g/mol. The topological polar surface area (TPSA) is 116 Å². The number of carbonyl (C=O) groups is 3. The highest BCUT2D eigenvalue weighted by atomic mass is 79.9. The van der Waals surface area contributed by atoms with Gasteiger partial charge in [-0.25, -0.2) is 9.59 Å². The number of halogens is 1. The summed E-state index contributed by atoms with van der Waals surface area (Å²) in [5.74, 6) is -2.70. The van der Waals surface area contributed by atoms with Crippen molar-refractivity contribution >= 4 is 33.9 Å². The Morgan fingerprint density at radius 3 is 2.19 bits per heavy atom. The van der Waals surface area contributed by atoms with Crippen molar-refractivity contribution in [2.45, 2.75) is 25.4 Å². The SMILES string of the molecule is CC(NC(=O)N[C@H](CC(=O)O)C(=O)O)c1ccc(Br)cc1. The number of carbonyl (C=O) groups excluding carboxylic acids is 1. The number of benzene rings is 1. The highest BCUT2D eigenvalue weighted by molar-refractivity contribution is 9.10. The van der Waals surface area contributed by atoms with E-state index in [4.69, 9.17) is 10.2 Å². The molecule has 7 nitrogen and oxygen atoms in total. The van der Waals surface area contributed by atoms with E-state index in [1.54, 1.807) is 19.1 Å². The molecule has 1 rings (SSSR count). The fraction of sp³-hybridized carbons (Fsp3) is 0.308. The molecule has 0 aliphatic carbocycles. The van der Waals surface area contributed by atoms with E-state index in [2.05, 4.69) is 26.6 Å². The van der Waals surface area contributed by atoms with Crippen molar-refractivity contribution in [2.24, 2.45) is 0 Å². The Kier molecular flexibility index (Phi) is 6.16. The lowest BCUT2D eigenvalue weighted by atomic mass is 10.1. The first-order valence-electron chi connectivity index (χ1n) is 6.06. The zero-order valence-corrected chi connectivity index (χ0v) is 12.8. The van der Waals surface area contributed by atoms with Crippen molar-refractivity contribution in [3.05, 3.63) is 34.3 Å². The Morgan fingerprint density at radius 2 is 1.71 bits per heavy atom. The van der Waals surface area contributed by atoms with Crippen LogP contribution >= 0.6 is 15.9 Å². The number of hydrogen-bond acceptors (Lipinski definition) is 3. The second kappa shape index (κ2) is 7.63. The quantitative estimate of drug-likeness (QED) is 0.618. The van der Waals surface area contributed by atoms with E-state index in [1.807, 2.05) is 12.1 Å². The minimum atomic E-state index is -1.47. The lowest BCUT2D eigenvalue weighted by Crippen LogP contribution is -2.47. The molecule has 8 heteroatoms. The predicted octanol–water partition coefficient (Wildman–Crippen LogP) is 1.74. The van der Waals surface area contributed by atoms with E-state index in [1.165, 1.54) is 0 Å². The highest BCUT2D eigenvalue weighted by Crippen LogP contribution is 2.16. The Morgan fingerprint density at radius 1 is 1.14 bits per heavy atom. The second-order valence-corrected chi connectivity index (χ2v) is 5.30. The van der Waals surface area contributed by atoms with Crippen molar-refractivity contribution in [1.82, 2.24) is 10.6 Å². The molecule has 1 aromatic rings. The van der Waals surface area contributed by atoms with Crippen molar-refractivity contribution in [2.75, 3.05) is 0 Å². The molecule has 2 atom stereocenters. The number of amides is 2. The van der Waals surface area contributed by atoms with E-state index < -0.39 is 30.4 Å². The van der Waals surface area contributed by atoms with Crippen LogP contribution in [-0.4, -0.2) is 34.2 Å². The van der Waals surface area contributed by atoms with E-state index in [0.29, 0.717) is 0 Å². The number of rotatable bonds is 6. The summed E-state index contributed by atoms with van der Waals surface area (Å²) in [7, 11) is 0. The standard InChI is InChI=1S/C13H15BrN2O5/c1-7(8-2-4-9(14)5-3-8)15-13(21)16-10(12(19)20)6-11(17)18/h2-5,7,10H,6H2,1H3,(H,17,18)(H,19,20)(H2,15,16,21)/t7?,10-/m1/s1. The van der Waals surface area contributed by atoms with Gasteiger partial charge in [-0.2, -0.15) is 0 Å². The summed E-state index contributed by atoms with van der Waals surface area (Å²) in [6, 6.07) is 4.68. The van der Waals surface area contributed by atoms with Gasteiger partial charge >= 0.3 is 18.0 Å². The number of urea groups is 1. The van der Waals surface area contributed by atoms with Gasteiger partial charge in [0.1, 0.15) is 6.04 Å². The summed E-state index contributed by atoms with van der Waals surface area (Å²) in [6.07, 6.45) is -0.685. The predicted molar refractivity (Wildman–Crippen MR) is 77.9 cm³/mol.